The molecule has 1 aliphatic carbocycles. The molecule has 17 heavy (non-hydrogen) atoms. The molecule has 1 heterocycles. The van der Waals surface area contributed by atoms with E-state index in [1.165, 1.54) is 25.7 Å². The second kappa shape index (κ2) is 4.89. The standard InChI is InChI=1S/C15H28O2/c1-4-14(3)11-15(16,9-10-17-14)13-7-5-12(2)6-8-13/h12-13,16H,4-11H2,1-3H3. The van der Waals surface area contributed by atoms with Crippen LogP contribution in [0.5, 0.6) is 0 Å². The van der Waals surface area contributed by atoms with Crippen molar-refractivity contribution in [2.24, 2.45) is 11.8 Å². The van der Waals surface area contributed by atoms with E-state index in [1.807, 2.05) is 0 Å². The zero-order valence-electron chi connectivity index (χ0n) is 11.7. The second-order valence-electron chi connectivity index (χ2n) is 6.64. The van der Waals surface area contributed by atoms with Crippen LogP contribution in [0.3, 0.4) is 0 Å². The van der Waals surface area contributed by atoms with E-state index in [2.05, 4.69) is 20.8 Å². The van der Waals surface area contributed by atoms with Crippen LogP contribution in [0.4, 0.5) is 0 Å². The Hall–Kier alpha value is -0.0800. The summed E-state index contributed by atoms with van der Waals surface area (Å²) in [7, 11) is 0. The smallest absolute Gasteiger partial charge is 0.0725 e. The predicted octanol–water partition coefficient (Wildman–Crippen LogP) is 3.52. The molecule has 0 aromatic rings. The molecule has 1 N–H and O–H groups in total. The van der Waals surface area contributed by atoms with E-state index < -0.39 is 5.60 Å². The van der Waals surface area contributed by atoms with Crippen molar-refractivity contribution in [3.63, 3.8) is 0 Å². The van der Waals surface area contributed by atoms with Gasteiger partial charge < -0.3 is 9.84 Å². The monoisotopic (exact) mass is 240 g/mol. The summed E-state index contributed by atoms with van der Waals surface area (Å²) in [5.74, 6) is 1.36. The molecule has 1 saturated carbocycles. The minimum Gasteiger partial charge on any atom is -0.389 e. The fourth-order valence-corrected chi connectivity index (χ4v) is 3.63. The van der Waals surface area contributed by atoms with Crippen LogP contribution in [0.1, 0.15) is 65.7 Å². The predicted molar refractivity (Wildman–Crippen MR) is 70.0 cm³/mol. The van der Waals surface area contributed by atoms with Crippen LogP contribution in [0.15, 0.2) is 0 Å². The Balaban J connectivity index is 2.02. The van der Waals surface area contributed by atoms with Gasteiger partial charge in [-0.25, -0.2) is 0 Å². The van der Waals surface area contributed by atoms with Crippen molar-refractivity contribution in [2.45, 2.75) is 76.9 Å². The Morgan fingerprint density at radius 3 is 2.47 bits per heavy atom. The van der Waals surface area contributed by atoms with Crippen molar-refractivity contribution in [1.29, 1.82) is 0 Å². The van der Waals surface area contributed by atoms with Gasteiger partial charge in [-0.15, -0.1) is 0 Å². The summed E-state index contributed by atoms with van der Waals surface area (Å²) in [5, 5.41) is 11.0. The average molecular weight is 240 g/mol. The normalized spacial score (nSPS) is 48.0. The maximum Gasteiger partial charge on any atom is 0.0725 e. The first-order chi connectivity index (χ1) is 7.97. The lowest BCUT2D eigenvalue weighted by Crippen LogP contribution is -2.51. The molecule has 100 valence electrons. The Bertz CT molecular complexity index is 258. The highest BCUT2D eigenvalue weighted by atomic mass is 16.5. The van der Waals surface area contributed by atoms with Gasteiger partial charge in [0.1, 0.15) is 0 Å². The van der Waals surface area contributed by atoms with Gasteiger partial charge in [0.15, 0.2) is 0 Å². The SMILES string of the molecule is CCC1(C)CC(O)(C2CCC(C)CC2)CCO1. The van der Waals surface area contributed by atoms with Crippen molar-refractivity contribution in [2.75, 3.05) is 6.61 Å². The molecule has 1 aliphatic heterocycles. The number of rotatable bonds is 2. The van der Waals surface area contributed by atoms with Gasteiger partial charge in [-0.1, -0.05) is 26.7 Å². The molecule has 2 nitrogen and oxygen atoms in total. The van der Waals surface area contributed by atoms with E-state index in [1.54, 1.807) is 0 Å². The van der Waals surface area contributed by atoms with Crippen LogP contribution < -0.4 is 0 Å². The number of hydrogen-bond acceptors (Lipinski definition) is 2. The number of hydrogen-bond donors (Lipinski definition) is 1. The van der Waals surface area contributed by atoms with Gasteiger partial charge in [0, 0.05) is 6.42 Å². The topological polar surface area (TPSA) is 29.5 Å². The maximum atomic E-state index is 11.0. The third kappa shape index (κ3) is 2.85. The molecule has 0 aromatic heterocycles. The lowest BCUT2D eigenvalue weighted by molar-refractivity contribution is -0.178. The zero-order valence-corrected chi connectivity index (χ0v) is 11.7. The minimum atomic E-state index is -0.455. The zero-order chi connectivity index (χ0) is 12.5. The maximum absolute atomic E-state index is 11.0. The van der Waals surface area contributed by atoms with E-state index in [9.17, 15) is 5.11 Å². The minimum absolute atomic E-state index is 0.101. The quantitative estimate of drug-likeness (QED) is 0.800. The summed E-state index contributed by atoms with van der Waals surface area (Å²) in [6, 6.07) is 0. The summed E-state index contributed by atoms with van der Waals surface area (Å²) in [6.45, 7) is 7.38. The summed E-state index contributed by atoms with van der Waals surface area (Å²) in [5.41, 5.74) is -0.556. The third-order valence-electron chi connectivity index (χ3n) is 5.19. The van der Waals surface area contributed by atoms with Gasteiger partial charge in [0.25, 0.3) is 0 Å². The molecule has 2 aliphatic rings. The molecule has 0 aromatic carbocycles. The first-order valence-electron chi connectivity index (χ1n) is 7.34. The van der Waals surface area contributed by atoms with Gasteiger partial charge in [0.05, 0.1) is 17.8 Å². The molecule has 2 rings (SSSR count). The van der Waals surface area contributed by atoms with Gasteiger partial charge in [0.2, 0.25) is 0 Å². The molecule has 0 spiro atoms. The van der Waals surface area contributed by atoms with Gasteiger partial charge in [-0.2, -0.15) is 0 Å². The average Bonchev–Trinajstić information content (AvgIpc) is 2.29. The molecular weight excluding hydrogens is 212 g/mol. The molecule has 1 saturated heterocycles. The van der Waals surface area contributed by atoms with Gasteiger partial charge >= 0.3 is 0 Å². The number of aliphatic hydroxyl groups is 1. The molecule has 2 fully saturated rings. The Kier molecular flexibility index (Phi) is 3.84. The van der Waals surface area contributed by atoms with Crippen molar-refractivity contribution >= 4 is 0 Å². The summed E-state index contributed by atoms with van der Waals surface area (Å²) >= 11 is 0. The van der Waals surface area contributed by atoms with Gasteiger partial charge in [-0.3, -0.25) is 0 Å². The molecule has 2 atom stereocenters. The highest BCUT2D eigenvalue weighted by Crippen LogP contribution is 2.44. The fourth-order valence-electron chi connectivity index (χ4n) is 3.63. The van der Waals surface area contributed by atoms with Crippen molar-refractivity contribution in [3.8, 4) is 0 Å². The fraction of sp³-hybridized carbons (Fsp3) is 1.00. The molecule has 0 bridgehead atoms. The lowest BCUT2D eigenvalue weighted by Gasteiger charge is -2.48. The molecule has 0 amide bonds. The van der Waals surface area contributed by atoms with Crippen LogP contribution in [0.25, 0.3) is 0 Å². The van der Waals surface area contributed by atoms with E-state index in [-0.39, 0.29) is 5.60 Å². The van der Waals surface area contributed by atoms with Crippen LogP contribution >= 0.6 is 0 Å². The molecule has 2 heteroatoms. The van der Waals surface area contributed by atoms with Crippen molar-refractivity contribution < 1.29 is 9.84 Å². The lowest BCUT2D eigenvalue weighted by atomic mass is 9.67. The van der Waals surface area contributed by atoms with Crippen molar-refractivity contribution in [1.82, 2.24) is 0 Å². The summed E-state index contributed by atoms with van der Waals surface area (Å²) in [6.07, 6.45) is 7.65. The van der Waals surface area contributed by atoms with E-state index in [0.29, 0.717) is 5.92 Å². The summed E-state index contributed by atoms with van der Waals surface area (Å²) in [4.78, 5) is 0. The number of ether oxygens (including phenoxy) is 1. The molecular formula is C15H28O2. The van der Waals surface area contributed by atoms with E-state index in [0.717, 1.165) is 31.8 Å². The van der Waals surface area contributed by atoms with Crippen LogP contribution in [-0.2, 0) is 4.74 Å². The highest BCUT2D eigenvalue weighted by Gasteiger charge is 2.46. The van der Waals surface area contributed by atoms with E-state index in [4.69, 9.17) is 4.74 Å². The van der Waals surface area contributed by atoms with Crippen LogP contribution in [-0.4, -0.2) is 22.9 Å². The summed E-state index contributed by atoms with van der Waals surface area (Å²) < 4.78 is 5.86. The van der Waals surface area contributed by atoms with Crippen molar-refractivity contribution in [3.05, 3.63) is 0 Å². The van der Waals surface area contributed by atoms with Crippen LogP contribution in [0, 0.1) is 11.8 Å². The second-order valence-corrected chi connectivity index (χ2v) is 6.64. The first-order valence-corrected chi connectivity index (χ1v) is 7.34. The largest absolute Gasteiger partial charge is 0.389 e. The Morgan fingerprint density at radius 2 is 1.88 bits per heavy atom. The van der Waals surface area contributed by atoms with Gasteiger partial charge in [-0.05, 0) is 44.4 Å². The Morgan fingerprint density at radius 1 is 1.24 bits per heavy atom. The first kappa shape index (κ1) is 13.4. The third-order valence-corrected chi connectivity index (χ3v) is 5.19. The van der Waals surface area contributed by atoms with Crippen LogP contribution in [0.2, 0.25) is 0 Å². The molecule has 0 radical (unpaired) electrons. The van der Waals surface area contributed by atoms with E-state index >= 15 is 0 Å². The highest BCUT2D eigenvalue weighted by molar-refractivity contribution is 4.97. The Labute approximate surface area is 106 Å². The molecule has 2 unspecified atom stereocenters.